The molecule has 0 saturated heterocycles. The number of alkyl halides is 1. The van der Waals surface area contributed by atoms with Crippen LogP contribution in [0.5, 0.6) is 0 Å². The van der Waals surface area contributed by atoms with Crippen molar-refractivity contribution in [3.63, 3.8) is 0 Å². The van der Waals surface area contributed by atoms with Gasteiger partial charge < -0.3 is 40.4 Å². The third-order valence-corrected chi connectivity index (χ3v) is 7.64. The van der Waals surface area contributed by atoms with Crippen molar-refractivity contribution in [2.24, 2.45) is 17.6 Å². The largest absolute Gasteiger partial charge is 0.460 e. The Morgan fingerprint density at radius 1 is 1.18 bits per heavy atom. The van der Waals surface area contributed by atoms with Gasteiger partial charge in [0, 0.05) is 50.0 Å². The summed E-state index contributed by atoms with van der Waals surface area (Å²) in [4.78, 5) is 63.2. The van der Waals surface area contributed by atoms with Gasteiger partial charge in [0.15, 0.2) is 6.10 Å². The van der Waals surface area contributed by atoms with Crippen LogP contribution in [0.15, 0.2) is 58.5 Å². The van der Waals surface area contributed by atoms with E-state index in [4.69, 9.17) is 36.3 Å². The first-order valence-electron chi connectivity index (χ1n) is 14.3. The number of nitrogens with two attached hydrogens (primary N) is 1. The van der Waals surface area contributed by atoms with Crippen LogP contribution < -0.4 is 16.4 Å². The summed E-state index contributed by atoms with van der Waals surface area (Å²) >= 11 is 5.61. The molecule has 0 saturated carbocycles. The van der Waals surface area contributed by atoms with Gasteiger partial charge in [-0.15, -0.1) is 11.6 Å². The van der Waals surface area contributed by atoms with Crippen LogP contribution in [0.3, 0.4) is 0 Å². The number of methoxy groups -OCH3 is 2. The van der Waals surface area contributed by atoms with Gasteiger partial charge in [0.1, 0.15) is 18.6 Å². The third kappa shape index (κ3) is 10.4. The maximum Gasteiger partial charge on any atom is 0.405 e. The molecule has 2 amide bonds. The number of amides is 2. The summed E-state index contributed by atoms with van der Waals surface area (Å²) < 4.78 is 21.8. The summed E-state index contributed by atoms with van der Waals surface area (Å²) in [5.74, 6) is -3.69. The Balaban J connectivity index is 2.69. The van der Waals surface area contributed by atoms with Crippen LogP contribution in [0, 0.1) is 11.8 Å². The number of ether oxygens (including phenoxy) is 4. The number of esters is 1. The van der Waals surface area contributed by atoms with Gasteiger partial charge in [0.2, 0.25) is 11.6 Å². The molecule has 0 fully saturated rings. The minimum atomic E-state index is -1.22. The Kier molecular flexibility index (Phi) is 14.7. The summed E-state index contributed by atoms with van der Waals surface area (Å²) in [6, 6.07) is 0. The number of carbonyl (C=O) groups excluding carboxylic acids is 5. The molecule has 6 atom stereocenters. The summed E-state index contributed by atoms with van der Waals surface area (Å²) in [7, 11) is 4.31. The molecule has 0 spiro atoms. The number of carbonyl (C=O) groups is 5. The Hall–Kier alpha value is -3.78. The molecule has 0 aromatic carbocycles. The number of allylic oxidation sites excluding steroid dienone is 4. The summed E-state index contributed by atoms with van der Waals surface area (Å²) in [6.45, 7) is 4.66. The molecule has 45 heavy (non-hydrogen) atoms. The monoisotopic (exact) mass is 651 g/mol. The molecule has 0 radical (unpaired) electrons. The molecule has 0 aromatic rings. The van der Waals surface area contributed by atoms with Crippen molar-refractivity contribution < 1.29 is 48.0 Å². The molecule has 0 unspecified atom stereocenters. The predicted molar refractivity (Wildman–Crippen MR) is 165 cm³/mol. The Labute approximate surface area is 267 Å². The Bertz CT molecular complexity index is 1300. The van der Waals surface area contributed by atoms with Gasteiger partial charge in [-0.3, -0.25) is 19.2 Å². The molecule has 0 aromatic heterocycles. The summed E-state index contributed by atoms with van der Waals surface area (Å²) in [5, 5.41) is 16.7. The summed E-state index contributed by atoms with van der Waals surface area (Å²) in [5.41, 5.74) is 5.95. The first-order chi connectivity index (χ1) is 21.3. The average Bonchev–Trinajstić information content (AvgIpc) is 3.00. The second kappa shape index (κ2) is 17.6. The van der Waals surface area contributed by atoms with Gasteiger partial charge in [0.25, 0.3) is 5.91 Å². The Morgan fingerprint density at radius 2 is 1.87 bits per heavy atom. The number of rotatable bonds is 7. The molecule has 1 aliphatic heterocycles. The predicted octanol–water partition coefficient (Wildman–Crippen LogP) is 1.74. The van der Waals surface area contributed by atoms with Crippen LogP contribution in [0.2, 0.25) is 0 Å². The molecule has 14 heteroatoms. The van der Waals surface area contributed by atoms with E-state index in [-0.39, 0.29) is 53.5 Å². The zero-order valence-electron chi connectivity index (χ0n) is 26.3. The number of likely N-dealkylation sites (N-methyl/N-ethyl adjacent to an activating group) is 1. The van der Waals surface area contributed by atoms with Gasteiger partial charge in [-0.25, -0.2) is 4.79 Å². The topological polar surface area (TPSA) is 193 Å². The third-order valence-electron chi connectivity index (χ3n) is 7.42. The number of ketones is 2. The fourth-order valence-corrected chi connectivity index (χ4v) is 5.13. The van der Waals surface area contributed by atoms with Crippen molar-refractivity contribution in [1.82, 2.24) is 10.6 Å². The second-order valence-corrected chi connectivity index (χ2v) is 11.1. The molecule has 5 N–H and O–H groups in total. The first-order valence-corrected chi connectivity index (χ1v) is 14.8. The van der Waals surface area contributed by atoms with Crippen LogP contribution >= 0.6 is 11.6 Å². The molecule has 2 rings (SSSR count). The molecule has 13 nitrogen and oxygen atoms in total. The highest BCUT2D eigenvalue weighted by atomic mass is 35.5. The van der Waals surface area contributed by atoms with E-state index in [1.54, 1.807) is 13.0 Å². The zero-order chi connectivity index (χ0) is 33.8. The van der Waals surface area contributed by atoms with Crippen molar-refractivity contribution in [3.8, 4) is 0 Å². The molecule has 1 aliphatic carbocycles. The van der Waals surface area contributed by atoms with Crippen LogP contribution in [0.25, 0.3) is 0 Å². The fraction of sp³-hybridized carbons (Fsp3) is 0.516. The van der Waals surface area contributed by atoms with E-state index >= 15 is 0 Å². The number of aliphatic hydroxyl groups is 1. The van der Waals surface area contributed by atoms with Crippen molar-refractivity contribution in [2.75, 3.05) is 33.8 Å². The van der Waals surface area contributed by atoms with E-state index in [1.807, 2.05) is 6.92 Å². The van der Waals surface area contributed by atoms with E-state index in [0.717, 1.165) is 6.08 Å². The lowest BCUT2D eigenvalue weighted by molar-refractivity contribution is -0.140. The molecule has 1 heterocycles. The number of Topliss-reactive ketones (excluding diaryl/α,β-unsaturated/α-hetero) is 1. The quantitative estimate of drug-likeness (QED) is 0.136. The average molecular weight is 652 g/mol. The maximum atomic E-state index is 13.5. The molecular weight excluding hydrogens is 610 g/mol. The lowest BCUT2D eigenvalue weighted by Gasteiger charge is -2.30. The standard InChI is InChI=1S/C31H42ClN3O10/c1-16-10-20-26(34-4)22(36)13-21(28(20)39)35-30(40)17(2)8-7-9-23(42-5)29(45-31(33)41)19(15-44-25(37)14-32)12-18(3)27(38)24(11-16)43-6/h7-9,12-13,16,18,23-24,27,29,34,38H,10-11,14-15H2,1-6H3,(H2,33,41)(H,35,40)/b9-7-,17-8+,19-12+/t16-,18+,23-,24+,27-,29+/m1/s1. The minimum absolute atomic E-state index is 0.124. The number of halogens is 1. The van der Waals surface area contributed by atoms with Crippen LogP contribution in [-0.2, 0) is 38.1 Å². The fourth-order valence-electron chi connectivity index (χ4n) is 5.05. The number of aliphatic hydroxyl groups excluding tert-OH is 1. The highest BCUT2D eigenvalue weighted by Crippen LogP contribution is 2.29. The SMILES string of the molecule is CNC1=C2C[C@@H](C)C[C@H](OC)[C@H](O)[C@@H](C)/C=C(\COC(=O)CCl)[C@H](OC(N)=O)[C@H](OC)/C=C\C=C(/C)C(=O)NC(=CC1=O)C2=O. The number of primary amides is 1. The van der Waals surface area contributed by atoms with Gasteiger partial charge in [0.05, 0.1) is 23.6 Å². The van der Waals surface area contributed by atoms with E-state index in [9.17, 15) is 29.1 Å². The minimum Gasteiger partial charge on any atom is -0.460 e. The van der Waals surface area contributed by atoms with Crippen molar-refractivity contribution in [1.29, 1.82) is 0 Å². The highest BCUT2D eigenvalue weighted by molar-refractivity contribution is 6.26. The second-order valence-electron chi connectivity index (χ2n) is 10.8. The van der Waals surface area contributed by atoms with Crippen molar-refractivity contribution in [2.45, 2.75) is 58.0 Å². The molecular formula is C31H42ClN3O10. The van der Waals surface area contributed by atoms with Gasteiger partial charge >= 0.3 is 12.1 Å². The van der Waals surface area contributed by atoms with Crippen LogP contribution in [0.4, 0.5) is 4.79 Å². The first kappa shape index (κ1) is 37.4. The number of nitrogens with one attached hydrogen (secondary N) is 2. The van der Waals surface area contributed by atoms with Gasteiger partial charge in [-0.2, -0.15) is 0 Å². The molecule has 248 valence electrons. The highest BCUT2D eigenvalue weighted by Gasteiger charge is 2.34. The Morgan fingerprint density at radius 3 is 2.44 bits per heavy atom. The maximum absolute atomic E-state index is 13.5. The number of hydrogen-bond donors (Lipinski definition) is 4. The van der Waals surface area contributed by atoms with E-state index in [2.05, 4.69) is 10.6 Å². The summed E-state index contributed by atoms with van der Waals surface area (Å²) in [6.07, 6.45) is 2.21. The molecule has 2 bridgehead atoms. The zero-order valence-corrected chi connectivity index (χ0v) is 27.0. The number of hydrogen-bond acceptors (Lipinski definition) is 11. The van der Waals surface area contributed by atoms with E-state index < -0.39 is 65.7 Å². The lowest BCUT2D eigenvalue weighted by Crippen LogP contribution is -2.39. The van der Waals surface area contributed by atoms with Crippen molar-refractivity contribution >= 4 is 41.1 Å². The van der Waals surface area contributed by atoms with Crippen LogP contribution in [-0.4, -0.2) is 92.8 Å². The van der Waals surface area contributed by atoms with Crippen molar-refractivity contribution in [3.05, 3.63) is 58.5 Å². The van der Waals surface area contributed by atoms with E-state index in [0.29, 0.717) is 0 Å². The number of fused-ring (bicyclic) bond motifs is 2. The molecule has 2 aliphatic rings. The van der Waals surface area contributed by atoms with E-state index in [1.165, 1.54) is 46.4 Å². The van der Waals surface area contributed by atoms with Gasteiger partial charge in [-0.05, 0) is 25.7 Å². The van der Waals surface area contributed by atoms with Gasteiger partial charge in [-0.1, -0.05) is 38.2 Å². The smallest absolute Gasteiger partial charge is 0.405 e. The van der Waals surface area contributed by atoms with Crippen LogP contribution in [0.1, 0.15) is 33.6 Å². The normalized spacial score (nSPS) is 30.2. The lowest BCUT2D eigenvalue weighted by atomic mass is 9.85.